The Morgan fingerprint density at radius 3 is 2.52 bits per heavy atom. The average Bonchev–Trinajstić information content (AvgIpc) is 3.57. The molecule has 0 spiro atoms. The Kier molecular flexibility index (Phi) is 5.95. The number of nitrogens with one attached hydrogen (secondary N) is 1. The number of anilines is 1. The SMILES string of the molecule is COc1ccc(OC)c(CN(Cc2cc(=O)oc3cc(NC(C)=O)ccc23)C2CC2)c1. The zero-order valence-corrected chi connectivity index (χ0v) is 17.9. The Morgan fingerprint density at radius 2 is 1.84 bits per heavy atom. The summed E-state index contributed by atoms with van der Waals surface area (Å²) in [6.45, 7) is 2.72. The van der Waals surface area contributed by atoms with Crippen molar-refractivity contribution in [3.63, 3.8) is 0 Å². The predicted octanol–water partition coefficient (Wildman–Crippen LogP) is 3.93. The fraction of sp³-hybridized carbons (Fsp3) is 0.333. The van der Waals surface area contributed by atoms with Crippen LogP contribution in [0.25, 0.3) is 11.0 Å². The number of benzene rings is 2. The smallest absolute Gasteiger partial charge is 0.336 e. The molecule has 1 aliphatic rings. The third-order valence-electron chi connectivity index (χ3n) is 5.45. The van der Waals surface area contributed by atoms with Crippen molar-refractivity contribution in [1.29, 1.82) is 0 Å². The van der Waals surface area contributed by atoms with E-state index >= 15 is 0 Å². The van der Waals surface area contributed by atoms with Gasteiger partial charge < -0.3 is 19.2 Å². The number of carbonyl (C=O) groups excluding carboxylic acids is 1. The lowest BCUT2D eigenvalue weighted by Gasteiger charge is -2.24. The Labute approximate surface area is 180 Å². The van der Waals surface area contributed by atoms with Gasteiger partial charge in [0.1, 0.15) is 17.1 Å². The number of nitrogens with zero attached hydrogens (tertiary/aromatic N) is 1. The maximum Gasteiger partial charge on any atom is 0.336 e. The normalized spacial score (nSPS) is 13.4. The van der Waals surface area contributed by atoms with Gasteiger partial charge in [-0.3, -0.25) is 9.69 Å². The molecule has 1 fully saturated rings. The standard InChI is InChI=1S/C24H26N2O5/c1-15(27)25-18-4-8-21-16(11-24(28)31-23(21)12-18)13-26(19-5-6-19)14-17-10-20(29-2)7-9-22(17)30-3/h4,7-12,19H,5-6,13-14H2,1-3H3,(H,25,27). The molecule has 7 nitrogen and oxygen atoms in total. The fourth-order valence-corrected chi connectivity index (χ4v) is 3.84. The van der Waals surface area contributed by atoms with E-state index in [1.165, 1.54) is 6.92 Å². The third kappa shape index (κ3) is 4.88. The number of hydrogen-bond donors (Lipinski definition) is 1. The average molecular weight is 422 g/mol. The first-order valence-corrected chi connectivity index (χ1v) is 10.3. The second-order valence-electron chi connectivity index (χ2n) is 7.80. The van der Waals surface area contributed by atoms with Gasteiger partial charge in [-0.2, -0.15) is 0 Å². The van der Waals surface area contributed by atoms with Gasteiger partial charge in [0.05, 0.1) is 14.2 Å². The van der Waals surface area contributed by atoms with Crippen LogP contribution in [0.2, 0.25) is 0 Å². The fourth-order valence-electron chi connectivity index (χ4n) is 3.84. The van der Waals surface area contributed by atoms with Crippen molar-refractivity contribution in [3.05, 3.63) is 64.0 Å². The summed E-state index contributed by atoms with van der Waals surface area (Å²) in [6.07, 6.45) is 2.25. The van der Waals surface area contributed by atoms with Crippen molar-refractivity contribution >= 4 is 22.6 Å². The van der Waals surface area contributed by atoms with Crippen LogP contribution in [0.5, 0.6) is 11.5 Å². The first kappa shape index (κ1) is 20.9. The van der Waals surface area contributed by atoms with E-state index in [4.69, 9.17) is 13.9 Å². The largest absolute Gasteiger partial charge is 0.497 e. The Morgan fingerprint density at radius 1 is 1.06 bits per heavy atom. The number of hydrogen-bond acceptors (Lipinski definition) is 6. The predicted molar refractivity (Wildman–Crippen MR) is 119 cm³/mol. The molecule has 0 unspecified atom stereocenters. The van der Waals surface area contributed by atoms with Crippen LogP contribution in [0.1, 0.15) is 30.9 Å². The number of rotatable bonds is 8. The van der Waals surface area contributed by atoms with E-state index in [1.807, 2.05) is 30.3 Å². The molecule has 31 heavy (non-hydrogen) atoms. The zero-order valence-electron chi connectivity index (χ0n) is 17.9. The van der Waals surface area contributed by atoms with Crippen LogP contribution in [-0.2, 0) is 17.9 Å². The van der Waals surface area contributed by atoms with Gasteiger partial charge in [0.15, 0.2) is 0 Å². The number of carbonyl (C=O) groups is 1. The number of ether oxygens (including phenoxy) is 2. The lowest BCUT2D eigenvalue weighted by Crippen LogP contribution is -2.26. The molecule has 2 aromatic carbocycles. The van der Waals surface area contributed by atoms with E-state index in [2.05, 4.69) is 10.2 Å². The summed E-state index contributed by atoms with van der Waals surface area (Å²) in [6, 6.07) is 13.2. The summed E-state index contributed by atoms with van der Waals surface area (Å²) in [4.78, 5) is 25.9. The quantitative estimate of drug-likeness (QED) is 0.554. The highest BCUT2D eigenvalue weighted by Crippen LogP contribution is 2.34. The summed E-state index contributed by atoms with van der Waals surface area (Å²) in [5.74, 6) is 1.41. The molecular formula is C24H26N2O5. The highest BCUT2D eigenvalue weighted by Gasteiger charge is 2.30. The van der Waals surface area contributed by atoms with E-state index in [0.29, 0.717) is 30.4 Å². The molecule has 0 aliphatic heterocycles. The van der Waals surface area contributed by atoms with Gasteiger partial charge >= 0.3 is 5.63 Å². The first-order valence-electron chi connectivity index (χ1n) is 10.3. The Bertz CT molecular complexity index is 1170. The molecule has 1 saturated carbocycles. The van der Waals surface area contributed by atoms with Gasteiger partial charge in [0, 0.05) is 54.8 Å². The number of fused-ring (bicyclic) bond motifs is 1. The van der Waals surface area contributed by atoms with Crippen LogP contribution >= 0.6 is 0 Å². The van der Waals surface area contributed by atoms with Crippen LogP contribution in [0.15, 0.2) is 51.7 Å². The molecule has 1 N–H and O–H groups in total. The molecule has 0 bridgehead atoms. The van der Waals surface area contributed by atoms with Gasteiger partial charge in [-0.1, -0.05) is 0 Å². The molecule has 0 atom stereocenters. The lowest BCUT2D eigenvalue weighted by atomic mass is 10.1. The molecule has 1 aliphatic carbocycles. The highest BCUT2D eigenvalue weighted by atomic mass is 16.5. The molecular weight excluding hydrogens is 396 g/mol. The lowest BCUT2D eigenvalue weighted by molar-refractivity contribution is -0.114. The molecule has 7 heteroatoms. The van der Waals surface area contributed by atoms with E-state index in [9.17, 15) is 9.59 Å². The second kappa shape index (κ2) is 8.81. The number of amides is 1. The summed E-state index contributed by atoms with van der Waals surface area (Å²) >= 11 is 0. The Balaban J connectivity index is 1.66. The molecule has 1 aromatic heterocycles. The monoisotopic (exact) mass is 422 g/mol. The maximum atomic E-state index is 12.2. The van der Waals surface area contributed by atoms with E-state index in [-0.39, 0.29) is 5.91 Å². The van der Waals surface area contributed by atoms with Crippen molar-refractivity contribution < 1.29 is 18.7 Å². The van der Waals surface area contributed by atoms with Gasteiger partial charge in [-0.15, -0.1) is 0 Å². The molecule has 1 amide bonds. The van der Waals surface area contributed by atoms with E-state index < -0.39 is 5.63 Å². The van der Waals surface area contributed by atoms with Crippen molar-refractivity contribution in [2.45, 2.75) is 38.9 Å². The molecule has 0 saturated heterocycles. The minimum absolute atomic E-state index is 0.176. The van der Waals surface area contributed by atoms with Crippen molar-refractivity contribution in [2.24, 2.45) is 0 Å². The molecule has 3 aromatic rings. The van der Waals surface area contributed by atoms with Crippen LogP contribution in [-0.4, -0.2) is 31.1 Å². The van der Waals surface area contributed by atoms with Crippen molar-refractivity contribution in [1.82, 2.24) is 4.90 Å². The minimum Gasteiger partial charge on any atom is -0.497 e. The van der Waals surface area contributed by atoms with Gasteiger partial charge in [-0.05, 0) is 48.7 Å². The van der Waals surface area contributed by atoms with Crippen LogP contribution in [0.3, 0.4) is 0 Å². The summed E-state index contributed by atoms with van der Waals surface area (Å²) < 4.78 is 16.3. The van der Waals surface area contributed by atoms with Crippen LogP contribution in [0.4, 0.5) is 5.69 Å². The molecule has 162 valence electrons. The van der Waals surface area contributed by atoms with Gasteiger partial charge in [0.25, 0.3) is 0 Å². The summed E-state index contributed by atoms with van der Waals surface area (Å²) in [5, 5.41) is 3.58. The summed E-state index contributed by atoms with van der Waals surface area (Å²) in [5.41, 5.74) is 2.59. The highest BCUT2D eigenvalue weighted by molar-refractivity contribution is 5.92. The van der Waals surface area contributed by atoms with Crippen LogP contribution < -0.4 is 20.4 Å². The van der Waals surface area contributed by atoms with E-state index in [0.717, 1.165) is 40.9 Å². The molecule has 4 rings (SSSR count). The zero-order chi connectivity index (χ0) is 22.0. The van der Waals surface area contributed by atoms with Crippen molar-refractivity contribution in [2.75, 3.05) is 19.5 Å². The third-order valence-corrected chi connectivity index (χ3v) is 5.45. The molecule has 1 heterocycles. The van der Waals surface area contributed by atoms with E-state index in [1.54, 1.807) is 26.4 Å². The maximum absolute atomic E-state index is 12.2. The first-order chi connectivity index (χ1) is 15.0. The molecule has 0 radical (unpaired) electrons. The summed E-state index contributed by atoms with van der Waals surface area (Å²) in [7, 11) is 3.31. The van der Waals surface area contributed by atoms with Crippen LogP contribution in [0, 0.1) is 0 Å². The van der Waals surface area contributed by atoms with Crippen molar-refractivity contribution in [3.8, 4) is 11.5 Å². The second-order valence-corrected chi connectivity index (χ2v) is 7.80. The minimum atomic E-state index is -0.405. The number of methoxy groups -OCH3 is 2. The van der Waals surface area contributed by atoms with Gasteiger partial charge in [0.2, 0.25) is 5.91 Å². The Hall–Kier alpha value is -3.32. The topological polar surface area (TPSA) is 81.0 Å². The van der Waals surface area contributed by atoms with Gasteiger partial charge in [-0.25, -0.2) is 4.79 Å².